The van der Waals surface area contributed by atoms with Crippen LogP contribution in [-0.2, 0) is 13.3 Å². The molecule has 6 heteroatoms. The summed E-state index contributed by atoms with van der Waals surface area (Å²) in [7, 11) is 2.35. The van der Waals surface area contributed by atoms with Gasteiger partial charge in [0.1, 0.15) is 5.82 Å². The Morgan fingerprint density at radius 2 is 1.61 bits per heavy atom. The molecule has 0 aromatic heterocycles. The molecule has 0 aliphatic carbocycles. The maximum atomic E-state index is 12.7. The summed E-state index contributed by atoms with van der Waals surface area (Å²) in [6.45, 7) is 0.760. The van der Waals surface area contributed by atoms with Crippen LogP contribution < -0.4 is 5.32 Å². The third-order valence-electron chi connectivity index (χ3n) is 2.77. The second kappa shape index (κ2) is 7.47. The lowest BCUT2D eigenvalue weighted by Crippen LogP contribution is -2.42. The molecule has 0 atom stereocenters. The Hall–Kier alpha value is -0.953. The fourth-order valence-electron chi connectivity index (χ4n) is 1.66. The maximum Gasteiger partial charge on any atom is 0.500 e. The van der Waals surface area contributed by atoms with E-state index in [1.165, 1.54) is 12.1 Å². The van der Waals surface area contributed by atoms with Crippen LogP contribution in [0.2, 0.25) is 6.04 Å². The van der Waals surface area contributed by atoms with Crippen LogP contribution in [-0.4, -0.2) is 36.7 Å². The van der Waals surface area contributed by atoms with Crippen LogP contribution >= 0.6 is 0 Å². The van der Waals surface area contributed by atoms with Gasteiger partial charge in [-0.15, -0.1) is 0 Å². The van der Waals surface area contributed by atoms with E-state index in [1.807, 2.05) is 0 Å². The van der Waals surface area contributed by atoms with E-state index >= 15 is 0 Å². The van der Waals surface area contributed by atoms with Gasteiger partial charge < -0.3 is 18.6 Å². The van der Waals surface area contributed by atoms with Crippen molar-refractivity contribution < 1.29 is 17.7 Å². The summed E-state index contributed by atoms with van der Waals surface area (Å²) < 4.78 is 28.7. The number of hydrogen-bond donors (Lipinski definition) is 1. The Kier molecular flexibility index (Phi) is 6.27. The van der Waals surface area contributed by atoms with Crippen LogP contribution in [0.5, 0.6) is 0 Å². The van der Waals surface area contributed by atoms with Gasteiger partial charge in [-0.3, -0.25) is 0 Å². The average molecular weight is 273 g/mol. The van der Waals surface area contributed by atoms with E-state index in [0.29, 0.717) is 0 Å². The summed E-state index contributed by atoms with van der Waals surface area (Å²) >= 11 is 0. The third-order valence-corrected chi connectivity index (χ3v) is 5.60. The second-order valence-corrected chi connectivity index (χ2v) is 6.92. The molecule has 0 unspecified atom stereocenters. The molecule has 1 aromatic carbocycles. The minimum absolute atomic E-state index is 0.231. The molecule has 0 radical (unpaired) electrons. The van der Waals surface area contributed by atoms with E-state index in [0.717, 1.165) is 24.7 Å². The normalized spacial score (nSPS) is 11.6. The van der Waals surface area contributed by atoms with Crippen molar-refractivity contribution in [1.29, 1.82) is 0 Å². The molecule has 0 aliphatic rings. The molecule has 18 heavy (non-hydrogen) atoms. The van der Waals surface area contributed by atoms with Gasteiger partial charge in [0.05, 0.1) is 0 Å². The zero-order valence-corrected chi connectivity index (χ0v) is 12.0. The van der Waals surface area contributed by atoms with Gasteiger partial charge in [-0.1, -0.05) is 0 Å². The number of halogens is 1. The Labute approximate surface area is 108 Å². The minimum atomic E-state index is -2.46. The first-order chi connectivity index (χ1) is 8.65. The number of nitrogens with one attached hydrogen (secondary N) is 1. The van der Waals surface area contributed by atoms with Crippen LogP contribution in [0.15, 0.2) is 24.3 Å². The van der Waals surface area contributed by atoms with Gasteiger partial charge in [0.2, 0.25) is 0 Å². The highest BCUT2D eigenvalue weighted by Crippen LogP contribution is 2.15. The van der Waals surface area contributed by atoms with Gasteiger partial charge in [-0.25, -0.2) is 4.39 Å². The van der Waals surface area contributed by atoms with E-state index in [9.17, 15) is 4.39 Å². The van der Waals surface area contributed by atoms with Gasteiger partial charge in [-0.05, 0) is 30.7 Å². The van der Waals surface area contributed by atoms with Crippen molar-refractivity contribution in [3.05, 3.63) is 30.1 Å². The van der Waals surface area contributed by atoms with E-state index in [-0.39, 0.29) is 5.82 Å². The zero-order valence-electron chi connectivity index (χ0n) is 11.0. The van der Waals surface area contributed by atoms with Crippen molar-refractivity contribution in [1.82, 2.24) is 0 Å². The van der Waals surface area contributed by atoms with Crippen molar-refractivity contribution in [2.75, 3.05) is 33.2 Å². The zero-order chi connectivity index (χ0) is 13.4. The quantitative estimate of drug-likeness (QED) is 0.583. The standard InChI is InChI=1S/C12H20FNO3Si/c1-15-18(16-2,17-3)10-4-9-14-12-7-5-11(13)6-8-12/h5-8,14H,4,9-10H2,1-3H3. The fourth-order valence-corrected chi connectivity index (χ4v) is 3.38. The second-order valence-electron chi connectivity index (χ2n) is 3.83. The highest BCUT2D eigenvalue weighted by atomic mass is 28.4. The molecule has 1 rings (SSSR count). The summed E-state index contributed by atoms with van der Waals surface area (Å²) in [5.41, 5.74) is 0.899. The lowest BCUT2D eigenvalue weighted by Gasteiger charge is -2.24. The topological polar surface area (TPSA) is 39.7 Å². The molecule has 0 aliphatic heterocycles. The van der Waals surface area contributed by atoms with Crippen molar-refractivity contribution in [2.45, 2.75) is 12.5 Å². The predicted octanol–water partition coefficient (Wildman–Crippen LogP) is 2.51. The largest absolute Gasteiger partial charge is 0.500 e. The summed E-state index contributed by atoms with van der Waals surface area (Å²) in [6.07, 6.45) is 0.860. The van der Waals surface area contributed by atoms with Crippen LogP contribution in [0.3, 0.4) is 0 Å². The lowest BCUT2D eigenvalue weighted by molar-refractivity contribution is 0.123. The third kappa shape index (κ3) is 4.38. The molecule has 0 heterocycles. The SMILES string of the molecule is CO[Si](CCCNc1ccc(F)cc1)(OC)OC. The van der Waals surface area contributed by atoms with Crippen LogP contribution in [0, 0.1) is 5.82 Å². The summed E-state index contributed by atoms with van der Waals surface area (Å²) in [5.74, 6) is -0.231. The summed E-state index contributed by atoms with van der Waals surface area (Å²) in [5, 5.41) is 3.21. The summed E-state index contributed by atoms with van der Waals surface area (Å²) in [6, 6.07) is 7.03. The first-order valence-electron chi connectivity index (χ1n) is 5.80. The Bertz CT molecular complexity index is 335. The highest BCUT2D eigenvalue weighted by Gasteiger charge is 2.36. The van der Waals surface area contributed by atoms with Gasteiger partial charge in [0.25, 0.3) is 0 Å². The number of benzene rings is 1. The van der Waals surface area contributed by atoms with Gasteiger partial charge in [-0.2, -0.15) is 0 Å². The van der Waals surface area contributed by atoms with Gasteiger partial charge >= 0.3 is 8.80 Å². The predicted molar refractivity (Wildman–Crippen MR) is 71.1 cm³/mol. The van der Waals surface area contributed by atoms with Crippen molar-refractivity contribution in [3.8, 4) is 0 Å². The number of anilines is 1. The Morgan fingerprint density at radius 3 is 2.11 bits per heavy atom. The van der Waals surface area contributed by atoms with Crippen LogP contribution in [0.1, 0.15) is 6.42 Å². The van der Waals surface area contributed by atoms with E-state index in [2.05, 4.69) is 5.32 Å². The maximum absolute atomic E-state index is 12.7. The molecule has 0 amide bonds. The van der Waals surface area contributed by atoms with E-state index in [4.69, 9.17) is 13.3 Å². The van der Waals surface area contributed by atoms with Crippen LogP contribution in [0.25, 0.3) is 0 Å². The molecule has 0 saturated heterocycles. The Balaban J connectivity index is 2.31. The molecule has 1 N–H and O–H groups in total. The molecule has 102 valence electrons. The first kappa shape index (κ1) is 15.1. The van der Waals surface area contributed by atoms with Crippen molar-refractivity contribution >= 4 is 14.5 Å². The number of hydrogen-bond acceptors (Lipinski definition) is 4. The van der Waals surface area contributed by atoms with Gasteiger partial charge in [0, 0.05) is 39.6 Å². The highest BCUT2D eigenvalue weighted by molar-refractivity contribution is 6.60. The smallest absolute Gasteiger partial charge is 0.385 e. The van der Waals surface area contributed by atoms with Crippen molar-refractivity contribution in [2.24, 2.45) is 0 Å². The lowest BCUT2D eigenvalue weighted by atomic mass is 10.3. The fraction of sp³-hybridized carbons (Fsp3) is 0.500. The molecule has 0 saturated carbocycles. The first-order valence-corrected chi connectivity index (χ1v) is 7.74. The Morgan fingerprint density at radius 1 is 1.06 bits per heavy atom. The summed E-state index contributed by atoms with van der Waals surface area (Å²) in [4.78, 5) is 0. The molecule has 0 bridgehead atoms. The molecule has 0 spiro atoms. The van der Waals surface area contributed by atoms with Crippen LogP contribution in [0.4, 0.5) is 10.1 Å². The molecule has 4 nitrogen and oxygen atoms in total. The van der Waals surface area contributed by atoms with Gasteiger partial charge in [0.15, 0.2) is 0 Å². The van der Waals surface area contributed by atoms with E-state index in [1.54, 1.807) is 33.5 Å². The molecule has 1 aromatic rings. The monoisotopic (exact) mass is 273 g/mol. The van der Waals surface area contributed by atoms with Crippen molar-refractivity contribution in [3.63, 3.8) is 0 Å². The molecular formula is C12H20FNO3Si. The molecular weight excluding hydrogens is 253 g/mol. The average Bonchev–Trinajstić information content (AvgIpc) is 2.42. The number of rotatable bonds is 8. The van der Waals surface area contributed by atoms with E-state index < -0.39 is 8.80 Å². The minimum Gasteiger partial charge on any atom is -0.385 e. The molecule has 0 fully saturated rings.